The lowest BCUT2D eigenvalue weighted by Gasteiger charge is -2.26. The summed E-state index contributed by atoms with van der Waals surface area (Å²) in [6, 6.07) is 14.8. The molecule has 1 aliphatic rings. The zero-order chi connectivity index (χ0) is 20.2. The van der Waals surface area contributed by atoms with Crippen LogP contribution in [0.5, 0.6) is 0 Å². The summed E-state index contributed by atoms with van der Waals surface area (Å²) in [4.78, 5) is 26.1. The first-order valence-electron chi connectivity index (χ1n) is 9.83. The fourth-order valence-corrected chi connectivity index (χ4v) is 4.74. The summed E-state index contributed by atoms with van der Waals surface area (Å²) < 4.78 is 2.14. The summed E-state index contributed by atoms with van der Waals surface area (Å²) in [6.45, 7) is 2.38. The summed E-state index contributed by atoms with van der Waals surface area (Å²) in [5.74, 6) is 0.660. The average molecular weight is 410 g/mol. The Morgan fingerprint density at radius 1 is 1.03 bits per heavy atom. The number of nitrogens with zero attached hydrogens (tertiary/aromatic N) is 3. The van der Waals surface area contributed by atoms with Crippen molar-refractivity contribution in [3.05, 3.63) is 70.4 Å². The third-order valence-electron chi connectivity index (χ3n) is 5.31. The Balaban J connectivity index is 1.51. The van der Waals surface area contributed by atoms with Crippen LogP contribution in [0.2, 0.25) is 0 Å². The molecule has 0 atom stereocenters. The fraction of sp³-hybridized carbons (Fsp3) is 0.318. The number of nitro groups is 1. The van der Waals surface area contributed by atoms with Crippen molar-refractivity contribution in [2.24, 2.45) is 0 Å². The van der Waals surface area contributed by atoms with Gasteiger partial charge in [-0.25, -0.2) is 0 Å². The number of hydrogen-bond donors (Lipinski definition) is 0. The van der Waals surface area contributed by atoms with Crippen LogP contribution in [0.25, 0.3) is 10.9 Å². The number of aromatic nitrogens is 1. The maximum Gasteiger partial charge on any atom is 0.269 e. The van der Waals surface area contributed by atoms with Crippen LogP contribution in [0.4, 0.5) is 5.69 Å². The standard InChI is InChI=1S/C22H23N3O3S/c26-22(23-12-4-1-5-13-23)16-29-21-15-24(20-7-3-2-6-19(20)21)14-17-8-10-18(11-9-17)25(27)28/h2-3,6-11,15H,1,4-5,12-14,16H2. The number of thioether (sulfide) groups is 1. The molecule has 6 nitrogen and oxygen atoms in total. The van der Waals surface area contributed by atoms with Gasteiger partial charge >= 0.3 is 0 Å². The van der Waals surface area contributed by atoms with Crippen molar-refractivity contribution in [1.82, 2.24) is 9.47 Å². The average Bonchev–Trinajstić information content (AvgIpc) is 3.10. The van der Waals surface area contributed by atoms with Crippen molar-refractivity contribution < 1.29 is 9.72 Å². The maximum absolute atomic E-state index is 12.5. The number of carbonyl (C=O) groups excluding carboxylic acids is 1. The Morgan fingerprint density at radius 3 is 2.48 bits per heavy atom. The molecule has 0 aliphatic carbocycles. The van der Waals surface area contributed by atoms with E-state index in [1.807, 2.05) is 17.0 Å². The number of benzene rings is 2. The van der Waals surface area contributed by atoms with Gasteiger partial charge in [0.2, 0.25) is 5.91 Å². The van der Waals surface area contributed by atoms with Crippen LogP contribution in [0.1, 0.15) is 24.8 Å². The van der Waals surface area contributed by atoms with Crippen molar-refractivity contribution in [3.63, 3.8) is 0 Å². The summed E-state index contributed by atoms with van der Waals surface area (Å²) in [5.41, 5.74) is 2.19. The van der Waals surface area contributed by atoms with Crippen LogP contribution in [0.3, 0.4) is 0 Å². The Kier molecular flexibility index (Phi) is 5.85. The second-order valence-corrected chi connectivity index (χ2v) is 8.31. The van der Waals surface area contributed by atoms with E-state index in [9.17, 15) is 14.9 Å². The predicted octanol–water partition coefficient (Wildman–Crippen LogP) is 4.70. The Hall–Kier alpha value is -2.80. The van der Waals surface area contributed by atoms with Crippen LogP contribution in [-0.2, 0) is 11.3 Å². The van der Waals surface area contributed by atoms with Crippen LogP contribution in [0.15, 0.2) is 59.6 Å². The zero-order valence-electron chi connectivity index (χ0n) is 16.1. The molecule has 3 aromatic rings. The monoisotopic (exact) mass is 409 g/mol. The molecule has 2 heterocycles. The summed E-state index contributed by atoms with van der Waals surface area (Å²) >= 11 is 1.59. The number of amides is 1. The molecule has 0 radical (unpaired) electrons. The second kappa shape index (κ2) is 8.69. The largest absolute Gasteiger partial charge is 0.342 e. The number of fused-ring (bicyclic) bond motifs is 1. The smallest absolute Gasteiger partial charge is 0.269 e. The molecule has 1 fully saturated rings. The van der Waals surface area contributed by atoms with Crippen molar-refractivity contribution >= 4 is 34.3 Å². The first-order valence-corrected chi connectivity index (χ1v) is 10.8. The van der Waals surface area contributed by atoms with Crippen molar-refractivity contribution in [3.8, 4) is 0 Å². The molecule has 1 saturated heterocycles. The molecule has 7 heteroatoms. The van der Waals surface area contributed by atoms with Gasteiger partial charge in [-0.15, -0.1) is 11.8 Å². The van der Waals surface area contributed by atoms with E-state index < -0.39 is 0 Å². The van der Waals surface area contributed by atoms with Crippen LogP contribution >= 0.6 is 11.8 Å². The topological polar surface area (TPSA) is 68.4 Å². The van der Waals surface area contributed by atoms with Gasteiger partial charge in [0, 0.05) is 53.8 Å². The minimum atomic E-state index is -0.386. The Morgan fingerprint density at radius 2 is 1.76 bits per heavy atom. The third kappa shape index (κ3) is 4.45. The van der Waals surface area contributed by atoms with E-state index >= 15 is 0 Å². The van der Waals surface area contributed by atoms with Crippen LogP contribution < -0.4 is 0 Å². The Bertz CT molecular complexity index is 1020. The van der Waals surface area contributed by atoms with E-state index in [0.717, 1.165) is 47.3 Å². The first kappa shape index (κ1) is 19.5. The van der Waals surface area contributed by atoms with E-state index in [4.69, 9.17) is 0 Å². The lowest BCUT2D eigenvalue weighted by molar-refractivity contribution is -0.384. The number of para-hydroxylation sites is 1. The number of likely N-dealkylation sites (tertiary alicyclic amines) is 1. The van der Waals surface area contributed by atoms with E-state index in [1.54, 1.807) is 23.9 Å². The van der Waals surface area contributed by atoms with Crippen molar-refractivity contribution in [2.45, 2.75) is 30.7 Å². The molecule has 29 heavy (non-hydrogen) atoms. The highest BCUT2D eigenvalue weighted by Gasteiger charge is 2.18. The summed E-state index contributed by atoms with van der Waals surface area (Å²) in [7, 11) is 0. The quantitative estimate of drug-likeness (QED) is 0.336. The van der Waals surface area contributed by atoms with Crippen molar-refractivity contribution in [1.29, 1.82) is 0 Å². The molecule has 0 N–H and O–H groups in total. The highest BCUT2D eigenvalue weighted by atomic mass is 32.2. The number of carbonyl (C=O) groups is 1. The third-order valence-corrected chi connectivity index (χ3v) is 6.34. The van der Waals surface area contributed by atoms with Gasteiger partial charge < -0.3 is 9.47 Å². The van der Waals surface area contributed by atoms with Gasteiger partial charge in [-0.1, -0.05) is 30.3 Å². The van der Waals surface area contributed by atoms with E-state index in [1.165, 1.54) is 18.6 Å². The second-order valence-electron chi connectivity index (χ2n) is 7.29. The van der Waals surface area contributed by atoms with Gasteiger partial charge in [0.25, 0.3) is 5.69 Å². The summed E-state index contributed by atoms with van der Waals surface area (Å²) in [5, 5.41) is 12.0. The lowest BCUT2D eigenvalue weighted by atomic mass is 10.1. The number of non-ortho nitro benzene ring substituents is 1. The number of nitro benzene ring substituents is 1. The molecule has 4 rings (SSSR count). The van der Waals surface area contributed by atoms with E-state index in [2.05, 4.69) is 22.9 Å². The molecule has 1 aromatic heterocycles. The molecule has 1 aliphatic heterocycles. The van der Waals surface area contributed by atoms with Crippen LogP contribution in [-0.4, -0.2) is 39.1 Å². The lowest BCUT2D eigenvalue weighted by Crippen LogP contribution is -2.36. The molecule has 0 spiro atoms. The molecule has 150 valence electrons. The molecular formula is C22H23N3O3S. The van der Waals surface area contributed by atoms with Gasteiger partial charge in [-0.3, -0.25) is 14.9 Å². The first-order chi connectivity index (χ1) is 14.1. The molecule has 0 saturated carbocycles. The minimum Gasteiger partial charge on any atom is -0.342 e. The van der Waals surface area contributed by atoms with Gasteiger partial charge in [0.15, 0.2) is 0 Å². The molecular weight excluding hydrogens is 386 g/mol. The highest BCUT2D eigenvalue weighted by Crippen LogP contribution is 2.31. The van der Waals surface area contributed by atoms with Gasteiger partial charge in [0.1, 0.15) is 0 Å². The minimum absolute atomic E-state index is 0.0959. The number of piperidine rings is 1. The Labute approximate surface area is 173 Å². The molecule has 1 amide bonds. The maximum atomic E-state index is 12.5. The SMILES string of the molecule is O=C(CSc1cn(Cc2ccc([N+](=O)[O-])cc2)c2ccccc12)N1CCCCC1. The molecule has 0 unspecified atom stereocenters. The van der Waals surface area contributed by atoms with Gasteiger partial charge in [-0.05, 0) is 30.9 Å². The highest BCUT2D eigenvalue weighted by molar-refractivity contribution is 8.00. The van der Waals surface area contributed by atoms with Gasteiger partial charge in [0.05, 0.1) is 10.7 Å². The summed E-state index contributed by atoms with van der Waals surface area (Å²) in [6.07, 6.45) is 5.50. The fourth-order valence-electron chi connectivity index (χ4n) is 3.75. The number of rotatable bonds is 6. The van der Waals surface area contributed by atoms with Gasteiger partial charge in [-0.2, -0.15) is 0 Å². The molecule has 2 aromatic carbocycles. The van der Waals surface area contributed by atoms with E-state index in [-0.39, 0.29) is 16.5 Å². The molecule has 0 bridgehead atoms. The zero-order valence-corrected chi connectivity index (χ0v) is 16.9. The van der Waals surface area contributed by atoms with Crippen molar-refractivity contribution in [2.75, 3.05) is 18.8 Å². The predicted molar refractivity (Wildman–Crippen MR) is 115 cm³/mol. The number of hydrogen-bond acceptors (Lipinski definition) is 4. The van der Waals surface area contributed by atoms with Crippen LogP contribution in [0, 0.1) is 10.1 Å². The van der Waals surface area contributed by atoms with E-state index in [0.29, 0.717) is 12.3 Å². The normalized spacial score (nSPS) is 14.3.